The topological polar surface area (TPSA) is 88.1 Å². The highest BCUT2D eigenvalue weighted by Gasteiger charge is 2.33. The Morgan fingerprint density at radius 3 is 2.80 bits per heavy atom. The van der Waals surface area contributed by atoms with E-state index in [2.05, 4.69) is 20.5 Å². The van der Waals surface area contributed by atoms with Crippen molar-refractivity contribution in [2.75, 3.05) is 28.3 Å². The van der Waals surface area contributed by atoms with Gasteiger partial charge in [0.15, 0.2) is 15.7 Å². The van der Waals surface area contributed by atoms with Gasteiger partial charge < -0.3 is 10.2 Å². The molecule has 1 atom stereocenters. The molecule has 2 aromatic rings. The highest BCUT2D eigenvalue weighted by molar-refractivity contribution is 7.91. The Morgan fingerprint density at radius 2 is 2.16 bits per heavy atom. The molecule has 1 aliphatic rings. The average Bonchev–Trinajstić information content (AvgIpc) is 2.91. The van der Waals surface area contributed by atoms with Gasteiger partial charge in [0.1, 0.15) is 11.6 Å². The van der Waals surface area contributed by atoms with Gasteiger partial charge in [0.25, 0.3) is 0 Å². The standard InChI is InChI=1S/C15H17F2N5O2S/c1-2-22(11-5-6-25(23,24)9-11)15-20-14(8-18-21-15)19-13-4-3-10(16)7-12(13)17/h3-4,7-8,11H,2,5-6,9H2,1H3,(H,19,20,21). The highest BCUT2D eigenvalue weighted by atomic mass is 32.2. The van der Waals surface area contributed by atoms with Gasteiger partial charge in [-0.15, -0.1) is 5.10 Å². The third-order valence-corrected chi connectivity index (χ3v) is 5.74. The number of nitrogens with zero attached hydrogens (tertiary/aromatic N) is 4. The Labute approximate surface area is 144 Å². The van der Waals surface area contributed by atoms with Crippen LogP contribution >= 0.6 is 0 Å². The molecule has 1 N–H and O–H groups in total. The average molecular weight is 369 g/mol. The van der Waals surface area contributed by atoms with E-state index >= 15 is 0 Å². The molecule has 1 fully saturated rings. The van der Waals surface area contributed by atoms with Crippen LogP contribution in [0.4, 0.5) is 26.2 Å². The summed E-state index contributed by atoms with van der Waals surface area (Å²) in [6, 6.07) is 2.94. The Balaban J connectivity index is 1.82. The number of hydrogen-bond donors (Lipinski definition) is 1. The Kier molecular flexibility index (Phi) is 4.80. The predicted octanol–water partition coefficient (Wildman–Crippen LogP) is 1.91. The molecule has 0 radical (unpaired) electrons. The van der Waals surface area contributed by atoms with Crippen molar-refractivity contribution in [2.45, 2.75) is 19.4 Å². The molecule has 7 nitrogen and oxygen atoms in total. The third kappa shape index (κ3) is 4.01. The Hall–Kier alpha value is -2.36. The summed E-state index contributed by atoms with van der Waals surface area (Å²) in [5.41, 5.74) is 0.0549. The number of benzene rings is 1. The first-order chi connectivity index (χ1) is 11.9. The summed E-state index contributed by atoms with van der Waals surface area (Å²) in [5, 5.41) is 10.5. The van der Waals surface area contributed by atoms with Crippen LogP contribution in [-0.2, 0) is 9.84 Å². The van der Waals surface area contributed by atoms with Gasteiger partial charge in [-0.3, -0.25) is 0 Å². The zero-order valence-electron chi connectivity index (χ0n) is 13.5. The van der Waals surface area contributed by atoms with Crippen molar-refractivity contribution < 1.29 is 17.2 Å². The second kappa shape index (κ2) is 6.87. The van der Waals surface area contributed by atoms with E-state index in [1.165, 1.54) is 12.3 Å². The predicted molar refractivity (Wildman–Crippen MR) is 89.5 cm³/mol. The lowest BCUT2D eigenvalue weighted by Gasteiger charge is -2.26. The zero-order chi connectivity index (χ0) is 18.0. The minimum absolute atomic E-state index is 0.0500. The summed E-state index contributed by atoms with van der Waals surface area (Å²) >= 11 is 0. The van der Waals surface area contributed by atoms with Crippen LogP contribution in [0.3, 0.4) is 0 Å². The molecule has 0 saturated carbocycles. The first kappa shape index (κ1) is 17.5. The normalized spacial score (nSPS) is 18.9. The molecule has 1 aromatic carbocycles. The lowest BCUT2D eigenvalue weighted by Crippen LogP contribution is -2.37. The van der Waals surface area contributed by atoms with Crippen LogP contribution in [0.2, 0.25) is 0 Å². The second-order valence-electron chi connectivity index (χ2n) is 5.73. The maximum atomic E-state index is 13.7. The van der Waals surface area contributed by atoms with Gasteiger partial charge in [-0.05, 0) is 25.5 Å². The molecule has 134 valence electrons. The van der Waals surface area contributed by atoms with E-state index in [4.69, 9.17) is 0 Å². The summed E-state index contributed by atoms with van der Waals surface area (Å²) in [4.78, 5) is 6.05. The highest BCUT2D eigenvalue weighted by Crippen LogP contribution is 2.23. The monoisotopic (exact) mass is 369 g/mol. The number of halogens is 2. The van der Waals surface area contributed by atoms with E-state index in [1.54, 1.807) is 4.90 Å². The van der Waals surface area contributed by atoms with E-state index in [0.29, 0.717) is 13.0 Å². The SMILES string of the molecule is CCN(c1nncc(Nc2ccc(F)cc2F)n1)C1CCS(=O)(=O)C1. The molecule has 1 saturated heterocycles. The molecular formula is C15H17F2N5O2S. The molecule has 25 heavy (non-hydrogen) atoms. The van der Waals surface area contributed by atoms with Crippen LogP contribution < -0.4 is 10.2 Å². The van der Waals surface area contributed by atoms with Crippen LogP contribution in [0.5, 0.6) is 0 Å². The number of nitrogens with one attached hydrogen (secondary N) is 1. The molecule has 3 rings (SSSR count). The zero-order valence-corrected chi connectivity index (χ0v) is 14.3. The minimum Gasteiger partial charge on any atom is -0.336 e. The smallest absolute Gasteiger partial charge is 0.247 e. The summed E-state index contributed by atoms with van der Waals surface area (Å²) in [5.74, 6) is -0.750. The van der Waals surface area contributed by atoms with Gasteiger partial charge in [-0.25, -0.2) is 17.2 Å². The van der Waals surface area contributed by atoms with Gasteiger partial charge in [0, 0.05) is 18.7 Å². The van der Waals surface area contributed by atoms with Crippen LogP contribution in [-0.4, -0.2) is 47.7 Å². The number of hydrogen-bond acceptors (Lipinski definition) is 7. The first-order valence-corrected chi connectivity index (χ1v) is 9.59. The molecule has 0 bridgehead atoms. The molecular weight excluding hydrogens is 352 g/mol. The fourth-order valence-electron chi connectivity index (χ4n) is 2.79. The molecule has 1 aromatic heterocycles. The van der Waals surface area contributed by atoms with Gasteiger partial charge in [0.05, 0.1) is 23.4 Å². The number of anilines is 3. The van der Waals surface area contributed by atoms with Crippen molar-refractivity contribution in [1.82, 2.24) is 15.2 Å². The molecule has 1 aliphatic heterocycles. The van der Waals surface area contributed by atoms with Crippen LogP contribution in [0, 0.1) is 11.6 Å². The molecule has 0 amide bonds. The quantitative estimate of drug-likeness (QED) is 0.861. The largest absolute Gasteiger partial charge is 0.336 e. The van der Waals surface area contributed by atoms with Crippen molar-refractivity contribution in [3.63, 3.8) is 0 Å². The van der Waals surface area contributed by atoms with E-state index in [9.17, 15) is 17.2 Å². The third-order valence-electron chi connectivity index (χ3n) is 3.99. The fourth-order valence-corrected chi connectivity index (χ4v) is 4.52. The maximum absolute atomic E-state index is 13.7. The van der Waals surface area contributed by atoms with E-state index in [1.807, 2.05) is 6.92 Å². The van der Waals surface area contributed by atoms with Crippen LogP contribution in [0.15, 0.2) is 24.4 Å². The minimum atomic E-state index is -3.05. The summed E-state index contributed by atoms with van der Waals surface area (Å²) in [7, 11) is -3.05. The van der Waals surface area contributed by atoms with Crippen molar-refractivity contribution in [2.24, 2.45) is 0 Å². The molecule has 0 aliphatic carbocycles. The number of rotatable bonds is 5. The first-order valence-electron chi connectivity index (χ1n) is 7.77. The lowest BCUT2D eigenvalue weighted by atomic mass is 10.2. The summed E-state index contributed by atoms with van der Waals surface area (Å²) in [6.07, 6.45) is 1.81. The fraction of sp³-hybridized carbons (Fsp3) is 0.400. The maximum Gasteiger partial charge on any atom is 0.247 e. The van der Waals surface area contributed by atoms with E-state index < -0.39 is 21.5 Å². The molecule has 0 spiro atoms. The van der Waals surface area contributed by atoms with Gasteiger partial charge >= 0.3 is 0 Å². The van der Waals surface area contributed by atoms with E-state index in [-0.39, 0.29) is 35.0 Å². The molecule has 2 heterocycles. The van der Waals surface area contributed by atoms with Crippen LogP contribution in [0.25, 0.3) is 0 Å². The summed E-state index contributed by atoms with van der Waals surface area (Å²) < 4.78 is 50.1. The van der Waals surface area contributed by atoms with Crippen molar-refractivity contribution in [3.8, 4) is 0 Å². The Morgan fingerprint density at radius 1 is 1.36 bits per heavy atom. The molecule has 1 unspecified atom stereocenters. The van der Waals surface area contributed by atoms with Gasteiger partial charge in [-0.2, -0.15) is 10.1 Å². The van der Waals surface area contributed by atoms with Crippen LogP contribution in [0.1, 0.15) is 13.3 Å². The van der Waals surface area contributed by atoms with Gasteiger partial charge in [0.2, 0.25) is 5.95 Å². The number of aromatic nitrogens is 3. The van der Waals surface area contributed by atoms with Crippen molar-refractivity contribution in [3.05, 3.63) is 36.0 Å². The second-order valence-corrected chi connectivity index (χ2v) is 7.96. The van der Waals surface area contributed by atoms with E-state index in [0.717, 1.165) is 12.1 Å². The van der Waals surface area contributed by atoms with Crippen molar-refractivity contribution in [1.29, 1.82) is 0 Å². The number of sulfone groups is 1. The van der Waals surface area contributed by atoms with Crippen molar-refractivity contribution >= 4 is 27.3 Å². The Bertz CT molecular complexity index is 878. The summed E-state index contributed by atoms with van der Waals surface area (Å²) in [6.45, 7) is 2.38. The lowest BCUT2D eigenvalue weighted by molar-refractivity contribution is 0.585. The van der Waals surface area contributed by atoms with Gasteiger partial charge in [-0.1, -0.05) is 0 Å². The molecule has 10 heteroatoms.